The number of rotatable bonds is 0. The normalized spacial score (nSPS) is 13.5. The Hall–Kier alpha value is -1.69. The van der Waals surface area contributed by atoms with Gasteiger partial charge in [-0.3, -0.25) is 0 Å². The van der Waals surface area contributed by atoms with Crippen molar-refractivity contribution in [1.29, 1.82) is 0 Å². The molecule has 0 atom stereocenters. The molecule has 0 saturated carbocycles. The molecular weight excluding hydrogens is 263 g/mol. The van der Waals surface area contributed by atoms with Crippen molar-refractivity contribution in [2.45, 2.75) is 16.1 Å². The van der Waals surface area contributed by atoms with E-state index in [4.69, 9.17) is 4.74 Å². The fourth-order valence-electron chi connectivity index (χ4n) is 1.60. The molecule has 1 aliphatic rings. The lowest BCUT2D eigenvalue weighted by Gasteiger charge is -2.19. The van der Waals surface area contributed by atoms with Crippen LogP contribution in [0, 0.1) is 0 Å². The van der Waals surface area contributed by atoms with Crippen LogP contribution in [-0.2, 0) is 6.18 Å². The van der Waals surface area contributed by atoms with E-state index in [1.807, 2.05) is 0 Å². The summed E-state index contributed by atoms with van der Waals surface area (Å²) in [5.74, 6) is 0.699. The van der Waals surface area contributed by atoms with Crippen LogP contribution < -0.4 is 4.74 Å². The zero-order valence-corrected chi connectivity index (χ0v) is 9.68. The SMILES string of the molecule is FC(F)(F)c1ccc2c(c1)Oc1cccnc1S2. The minimum atomic E-state index is -4.36. The number of fused-ring (bicyclic) bond motifs is 2. The van der Waals surface area contributed by atoms with E-state index < -0.39 is 11.7 Å². The van der Waals surface area contributed by atoms with Gasteiger partial charge in [-0.25, -0.2) is 4.98 Å². The zero-order chi connectivity index (χ0) is 12.8. The highest BCUT2D eigenvalue weighted by Gasteiger charge is 2.32. The van der Waals surface area contributed by atoms with E-state index in [0.29, 0.717) is 15.7 Å². The van der Waals surface area contributed by atoms with Crippen LogP contribution >= 0.6 is 11.8 Å². The van der Waals surface area contributed by atoms with E-state index in [2.05, 4.69) is 4.98 Å². The van der Waals surface area contributed by atoms with Crippen molar-refractivity contribution in [1.82, 2.24) is 4.98 Å². The molecule has 2 heterocycles. The molecule has 0 amide bonds. The number of alkyl halides is 3. The average molecular weight is 269 g/mol. The van der Waals surface area contributed by atoms with E-state index in [1.165, 1.54) is 17.8 Å². The van der Waals surface area contributed by atoms with Gasteiger partial charge in [0.25, 0.3) is 0 Å². The number of hydrogen-bond donors (Lipinski definition) is 0. The summed E-state index contributed by atoms with van der Waals surface area (Å²) in [6.45, 7) is 0. The molecule has 92 valence electrons. The third-order valence-corrected chi connectivity index (χ3v) is 3.49. The van der Waals surface area contributed by atoms with Gasteiger partial charge in [-0.2, -0.15) is 13.2 Å². The van der Waals surface area contributed by atoms with Crippen LogP contribution in [-0.4, -0.2) is 4.98 Å². The standard InChI is InChI=1S/C12H6F3NOS/c13-12(14,15)7-3-4-10-9(6-7)17-8-2-1-5-16-11(8)18-10/h1-6H. The summed E-state index contributed by atoms with van der Waals surface area (Å²) in [6.07, 6.45) is -2.75. The minimum absolute atomic E-state index is 0.218. The second-order valence-corrected chi connectivity index (χ2v) is 4.70. The molecule has 18 heavy (non-hydrogen) atoms. The Kier molecular flexibility index (Phi) is 2.48. The Bertz CT molecular complexity index is 613. The summed E-state index contributed by atoms with van der Waals surface area (Å²) in [4.78, 5) is 4.74. The number of nitrogens with zero attached hydrogens (tertiary/aromatic N) is 1. The molecule has 0 unspecified atom stereocenters. The Labute approximate surface area is 105 Å². The second kappa shape index (κ2) is 3.91. The van der Waals surface area contributed by atoms with Gasteiger partial charge in [-0.15, -0.1) is 0 Å². The van der Waals surface area contributed by atoms with Crippen LogP contribution in [0.25, 0.3) is 0 Å². The van der Waals surface area contributed by atoms with Crippen LogP contribution in [0.3, 0.4) is 0 Å². The highest BCUT2D eigenvalue weighted by atomic mass is 32.2. The van der Waals surface area contributed by atoms with Crippen LogP contribution in [0.2, 0.25) is 0 Å². The lowest BCUT2D eigenvalue weighted by atomic mass is 10.2. The van der Waals surface area contributed by atoms with E-state index in [-0.39, 0.29) is 5.75 Å². The van der Waals surface area contributed by atoms with Gasteiger partial charge in [-0.05, 0) is 30.3 Å². The smallest absolute Gasteiger partial charge is 0.416 e. The molecule has 2 nitrogen and oxygen atoms in total. The average Bonchev–Trinajstić information content (AvgIpc) is 2.34. The topological polar surface area (TPSA) is 22.1 Å². The number of halogens is 3. The first-order valence-electron chi connectivity index (χ1n) is 5.06. The van der Waals surface area contributed by atoms with Gasteiger partial charge in [0.1, 0.15) is 10.8 Å². The van der Waals surface area contributed by atoms with Gasteiger partial charge >= 0.3 is 6.18 Å². The van der Waals surface area contributed by atoms with Gasteiger partial charge in [0.15, 0.2) is 5.75 Å². The van der Waals surface area contributed by atoms with Gasteiger partial charge in [0.2, 0.25) is 0 Å². The van der Waals surface area contributed by atoms with Crippen molar-refractivity contribution in [2.24, 2.45) is 0 Å². The molecule has 0 aliphatic carbocycles. The van der Waals surface area contributed by atoms with Crippen molar-refractivity contribution < 1.29 is 17.9 Å². The predicted molar refractivity (Wildman–Crippen MR) is 59.9 cm³/mol. The Morgan fingerprint density at radius 2 is 1.94 bits per heavy atom. The molecule has 0 bridgehead atoms. The molecule has 6 heteroatoms. The molecule has 0 N–H and O–H groups in total. The maximum atomic E-state index is 12.6. The van der Waals surface area contributed by atoms with Crippen LogP contribution in [0.1, 0.15) is 5.56 Å². The molecule has 3 rings (SSSR count). The van der Waals surface area contributed by atoms with Crippen molar-refractivity contribution in [3.05, 3.63) is 42.1 Å². The number of aromatic nitrogens is 1. The van der Waals surface area contributed by atoms with Crippen molar-refractivity contribution in [3.63, 3.8) is 0 Å². The molecular formula is C12H6F3NOS. The number of hydrogen-bond acceptors (Lipinski definition) is 3. The van der Waals surface area contributed by atoms with Crippen molar-refractivity contribution in [3.8, 4) is 11.5 Å². The maximum absolute atomic E-state index is 12.6. The first-order chi connectivity index (χ1) is 8.54. The molecule has 1 aromatic heterocycles. The second-order valence-electron chi connectivity index (χ2n) is 3.67. The Balaban J connectivity index is 2.04. The van der Waals surface area contributed by atoms with Crippen molar-refractivity contribution >= 4 is 11.8 Å². The Morgan fingerprint density at radius 3 is 2.72 bits per heavy atom. The van der Waals surface area contributed by atoms with Gasteiger partial charge in [-0.1, -0.05) is 11.8 Å². The Morgan fingerprint density at radius 1 is 1.11 bits per heavy atom. The van der Waals surface area contributed by atoms with E-state index in [0.717, 1.165) is 12.1 Å². The third-order valence-electron chi connectivity index (χ3n) is 2.43. The molecule has 0 saturated heterocycles. The van der Waals surface area contributed by atoms with Crippen molar-refractivity contribution in [2.75, 3.05) is 0 Å². The maximum Gasteiger partial charge on any atom is 0.416 e. The van der Waals surface area contributed by atoms with Gasteiger partial charge in [0, 0.05) is 6.20 Å². The summed E-state index contributed by atoms with van der Waals surface area (Å²) in [5, 5.41) is 0.657. The van der Waals surface area contributed by atoms with E-state index in [1.54, 1.807) is 18.3 Å². The van der Waals surface area contributed by atoms with Crippen LogP contribution in [0.15, 0.2) is 46.5 Å². The summed E-state index contributed by atoms with van der Waals surface area (Å²) >= 11 is 1.30. The lowest BCUT2D eigenvalue weighted by Crippen LogP contribution is -2.06. The highest BCUT2D eigenvalue weighted by Crippen LogP contribution is 2.47. The first-order valence-corrected chi connectivity index (χ1v) is 5.88. The zero-order valence-electron chi connectivity index (χ0n) is 8.86. The summed E-state index contributed by atoms with van der Waals surface area (Å²) in [6, 6.07) is 6.82. The predicted octanol–water partition coefficient (Wildman–Crippen LogP) is 4.36. The summed E-state index contributed by atoms with van der Waals surface area (Å²) in [7, 11) is 0. The van der Waals surface area contributed by atoms with Gasteiger partial charge < -0.3 is 4.74 Å². The summed E-state index contributed by atoms with van der Waals surface area (Å²) in [5.41, 5.74) is -0.714. The fourth-order valence-corrected chi connectivity index (χ4v) is 2.47. The quantitative estimate of drug-likeness (QED) is 0.605. The summed E-state index contributed by atoms with van der Waals surface area (Å²) < 4.78 is 43.2. The first kappa shape index (κ1) is 11.4. The number of benzene rings is 1. The van der Waals surface area contributed by atoms with E-state index >= 15 is 0 Å². The third kappa shape index (κ3) is 1.92. The minimum Gasteiger partial charge on any atom is -0.453 e. The number of pyridine rings is 1. The van der Waals surface area contributed by atoms with E-state index in [9.17, 15) is 13.2 Å². The van der Waals surface area contributed by atoms with Gasteiger partial charge in [0.05, 0.1) is 10.5 Å². The highest BCUT2D eigenvalue weighted by molar-refractivity contribution is 7.99. The molecule has 0 fully saturated rings. The number of ether oxygens (including phenoxy) is 1. The monoisotopic (exact) mass is 269 g/mol. The molecule has 2 aromatic rings. The molecule has 0 radical (unpaired) electrons. The molecule has 0 spiro atoms. The molecule has 1 aromatic carbocycles. The largest absolute Gasteiger partial charge is 0.453 e. The fraction of sp³-hybridized carbons (Fsp3) is 0.0833. The lowest BCUT2D eigenvalue weighted by molar-refractivity contribution is -0.137. The van der Waals surface area contributed by atoms with Crippen LogP contribution in [0.4, 0.5) is 13.2 Å². The van der Waals surface area contributed by atoms with Crippen LogP contribution in [0.5, 0.6) is 11.5 Å². The molecule has 1 aliphatic heterocycles.